The van der Waals surface area contributed by atoms with Gasteiger partial charge in [-0.15, -0.1) is 0 Å². The smallest absolute Gasteiger partial charge is 0.264 e. The fraction of sp³-hybridized carbons (Fsp3) is 0.174. The van der Waals surface area contributed by atoms with Gasteiger partial charge in [-0.3, -0.25) is 9.10 Å². The molecule has 6 nitrogen and oxygen atoms in total. The Kier molecular flexibility index (Phi) is 6.42. The number of sulfonamides is 1. The Bertz CT molecular complexity index is 1110. The van der Waals surface area contributed by atoms with Crippen molar-refractivity contribution in [2.75, 3.05) is 23.3 Å². The van der Waals surface area contributed by atoms with E-state index in [-0.39, 0.29) is 11.4 Å². The van der Waals surface area contributed by atoms with Gasteiger partial charge in [0.2, 0.25) is 5.91 Å². The molecule has 3 aromatic carbocycles. The number of ether oxygens (including phenoxy) is 1. The van der Waals surface area contributed by atoms with E-state index in [2.05, 4.69) is 5.32 Å². The second-order valence-corrected chi connectivity index (χ2v) is 8.70. The molecule has 0 atom stereocenters. The van der Waals surface area contributed by atoms with Crippen molar-refractivity contribution in [2.24, 2.45) is 0 Å². The highest BCUT2D eigenvalue weighted by Crippen LogP contribution is 2.26. The first kappa shape index (κ1) is 21.4. The van der Waals surface area contributed by atoms with Crippen LogP contribution in [0.5, 0.6) is 5.75 Å². The number of methoxy groups -OCH3 is 1. The standard InChI is InChI=1S/C23H24N2O4S/c1-17-8-7-9-18(2)23(17)24-22(26)16-25(19-12-14-20(29-3)15-13-19)30(27,28)21-10-5-4-6-11-21/h4-15H,16H2,1-3H3,(H,24,26). The molecule has 30 heavy (non-hydrogen) atoms. The molecule has 3 rings (SSSR count). The molecule has 0 saturated heterocycles. The van der Waals surface area contributed by atoms with Crippen molar-refractivity contribution in [2.45, 2.75) is 18.7 Å². The van der Waals surface area contributed by atoms with Crippen LogP contribution < -0.4 is 14.4 Å². The van der Waals surface area contributed by atoms with E-state index in [0.29, 0.717) is 17.1 Å². The van der Waals surface area contributed by atoms with Crippen LogP contribution in [0.15, 0.2) is 77.7 Å². The minimum absolute atomic E-state index is 0.112. The molecule has 7 heteroatoms. The predicted octanol–water partition coefficient (Wildman–Crippen LogP) is 4.15. The number of nitrogens with zero attached hydrogens (tertiary/aromatic N) is 1. The van der Waals surface area contributed by atoms with Crippen LogP contribution in [0.4, 0.5) is 11.4 Å². The molecule has 0 fully saturated rings. The molecular weight excluding hydrogens is 400 g/mol. The topological polar surface area (TPSA) is 75.7 Å². The van der Waals surface area contributed by atoms with Gasteiger partial charge >= 0.3 is 0 Å². The van der Waals surface area contributed by atoms with Gasteiger partial charge in [0.15, 0.2) is 0 Å². The number of hydrogen-bond acceptors (Lipinski definition) is 4. The Labute approximate surface area is 177 Å². The molecule has 3 aromatic rings. The van der Waals surface area contributed by atoms with Crippen LogP contribution >= 0.6 is 0 Å². The van der Waals surface area contributed by atoms with E-state index in [1.807, 2.05) is 32.0 Å². The van der Waals surface area contributed by atoms with Crippen LogP contribution in [0.2, 0.25) is 0 Å². The molecular formula is C23H24N2O4S. The Morgan fingerprint density at radius 2 is 1.50 bits per heavy atom. The Hall–Kier alpha value is -3.32. The minimum atomic E-state index is -3.95. The lowest BCUT2D eigenvalue weighted by molar-refractivity contribution is -0.114. The van der Waals surface area contributed by atoms with E-state index in [0.717, 1.165) is 15.4 Å². The zero-order valence-corrected chi connectivity index (χ0v) is 17.9. The van der Waals surface area contributed by atoms with E-state index in [1.54, 1.807) is 42.5 Å². The van der Waals surface area contributed by atoms with Crippen molar-refractivity contribution >= 4 is 27.3 Å². The molecule has 0 aromatic heterocycles. The number of hydrogen-bond donors (Lipinski definition) is 1. The van der Waals surface area contributed by atoms with Crippen molar-refractivity contribution in [1.82, 2.24) is 0 Å². The number of amides is 1. The molecule has 0 aliphatic heterocycles. The monoisotopic (exact) mass is 424 g/mol. The molecule has 0 unspecified atom stereocenters. The third kappa shape index (κ3) is 4.63. The summed E-state index contributed by atoms with van der Waals surface area (Å²) in [6.45, 7) is 3.42. The van der Waals surface area contributed by atoms with E-state index in [9.17, 15) is 13.2 Å². The van der Waals surface area contributed by atoms with Gasteiger partial charge in [-0.1, -0.05) is 36.4 Å². The van der Waals surface area contributed by atoms with Crippen LogP contribution in [-0.2, 0) is 14.8 Å². The van der Waals surface area contributed by atoms with Crippen molar-refractivity contribution in [1.29, 1.82) is 0 Å². The van der Waals surface area contributed by atoms with Crippen LogP contribution in [0.1, 0.15) is 11.1 Å². The second-order valence-electron chi connectivity index (χ2n) is 6.84. The first-order chi connectivity index (χ1) is 14.3. The maximum Gasteiger partial charge on any atom is 0.264 e. The molecule has 0 heterocycles. The van der Waals surface area contributed by atoms with Crippen LogP contribution in [-0.4, -0.2) is 28.0 Å². The van der Waals surface area contributed by atoms with E-state index in [4.69, 9.17) is 4.74 Å². The summed E-state index contributed by atoms with van der Waals surface area (Å²) in [6, 6.07) is 20.3. The quantitative estimate of drug-likeness (QED) is 0.618. The lowest BCUT2D eigenvalue weighted by Gasteiger charge is -2.24. The molecule has 156 valence electrons. The van der Waals surface area contributed by atoms with Crippen molar-refractivity contribution in [3.63, 3.8) is 0 Å². The average molecular weight is 425 g/mol. The number of rotatable bonds is 7. The molecule has 0 bridgehead atoms. The van der Waals surface area contributed by atoms with Crippen molar-refractivity contribution < 1.29 is 17.9 Å². The number of nitrogens with one attached hydrogen (secondary N) is 1. The zero-order chi connectivity index (χ0) is 21.7. The third-order valence-electron chi connectivity index (χ3n) is 4.72. The average Bonchev–Trinajstić information content (AvgIpc) is 2.75. The molecule has 0 spiro atoms. The number of benzene rings is 3. The number of carbonyl (C=O) groups is 1. The Balaban J connectivity index is 1.96. The lowest BCUT2D eigenvalue weighted by Crippen LogP contribution is -2.38. The predicted molar refractivity (Wildman–Crippen MR) is 119 cm³/mol. The molecule has 0 radical (unpaired) electrons. The highest BCUT2D eigenvalue weighted by molar-refractivity contribution is 7.92. The van der Waals surface area contributed by atoms with Crippen LogP contribution in [0.25, 0.3) is 0 Å². The van der Waals surface area contributed by atoms with Crippen molar-refractivity contribution in [3.8, 4) is 5.75 Å². The number of anilines is 2. The largest absolute Gasteiger partial charge is 0.497 e. The van der Waals surface area contributed by atoms with Crippen LogP contribution in [0, 0.1) is 13.8 Å². The minimum Gasteiger partial charge on any atom is -0.497 e. The van der Waals surface area contributed by atoms with E-state index >= 15 is 0 Å². The van der Waals surface area contributed by atoms with E-state index in [1.165, 1.54) is 19.2 Å². The van der Waals surface area contributed by atoms with Gasteiger partial charge in [0, 0.05) is 5.69 Å². The second kappa shape index (κ2) is 9.00. The zero-order valence-electron chi connectivity index (χ0n) is 17.1. The van der Waals surface area contributed by atoms with Gasteiger partial charge in [-0.2, -0.15) is 0 Å². The van der Waals surface area contributed by atoms with E-state index < -0.39 is 15.9 Å². The Morgan fingerprint density at radius 1 is 0.900 bits per heavy atom. The molecule has 1 N–H and O–H groups in total. The van der Waals surface area contributed by atoms with Gasteiger partial charge in [0.25, 0.3) is 10.0 Å². The first-order valence-corrected chi connectivity index (χ1v) is 10.8. The van der Waals surface area contributed by atoms with Gasteiger partial charge in [-0.05, 0) is 61.4 Å². The summed E-state index contributed by atoms with van der Waals surface area (Å²) in [4.78, 5) is 13.0. The summed E-state index contributed by atoms with van der Waals surface area (Å²) in [7, 11) is -2.42. The molecule has 0 saturated carbocycles. The Morgan fingerprint density at radius 3 is 2.07 bits per heavy atom. The summed E-state index contributed by atoms with van der Waals surface area (Å²) >= 11 is 0. The number of para-hydroxylation sites is 1. The van der Waals surface area contributed by atoms with Crippen molar-refractivity contribution in [3.05, 3.63) is 83.9 Å². The normalized spacial score (nSPS) is 11.0. The molecule has 0 aliphatic carbocycles. The van der Waals surface area contributed by atoms with Crippen LogP contribution in [0.3, 0.4) is 0 Å². The van der Waals surface area contributed by atoms with Gasteiger partial charge in [-0.25, -0.2) is 8.42 Å². The summed E-state index contributed by atoms with van der Waals surface area (Å²) in [5.74, 6) is 0.165. The van der Waals surface area contributed by atoms with Gasteiger partial charge < -0.3 is 10.1 Å². The summed E-state index contributed by atoms with van der Waals surface area (Å²) in [5.41, 5.74) is 2.88. The SMILES string of the molecule is COc1ccc(N(CC(=O)Nc2c(C)cccc2C)S(=O)(=O)c2ccccc2)cc1. The van der Waals surface area contributed by atoms with Gasteiger partial charge in [0.1, 0.15) is 12.3 Å². The number of carbonyl (C=O) groups excluding carboxylic acids is 1. The molecule has 1 amide bonds. The highest BCUT2D eigenvalue weighted by Gasteiger charge is 2.27. The maximum atomic E-state index is 13.3. The maximum absolute atomic E-state index is 13.3. The van der Waals surface area contributed by atoms with Gasteiger partial charge in [0.05, 0.1) is 17.7 Å². The summed E-state index contributed by atoms with van der Waals surface area (Å²) in [6.07, 6.45) is 0. The fourth-order valence-corrected chi connectivity index (χ4v) is 4.55. The highest BCUT2D eigenvalue weighted by atomic mass is 32.2. The fourth-order valence-electron chi connectivity index (χ4n) is 3.10. The molecule has 0 aliphatic rings. The number of aryl methyl sites for hydroxylation is 2. The first-order valence-electron chi connectivity index (χ1n) is 9.41. The summed E-state index contributed by atoms with van der Waals surface area (Å²) < 4.78 is 32.9. The third-order valence-corrected chi connectivity index (χ3v) is 6.51. The summed E-state index contributed by atoms with van der Waals surface area (Å²) in [5, 5.41) is 2.86. The lowest BCUT2D eigenvalue weighted by atomic mass is 10.1.